The lowest BCUT2D eigenvalue weighted by Gasteiger charge is -2.19. The molecule has 4 nitrogen and oxygen atoms in total. The van der Waals surface area contributed by atoms with Crippen molar-refractivity contribution in [3.8, 4) is 17.2 Å². The van der Waals surface area contributed by atoms with Gasteiger partial charge in [-0.2, -0.15) is 0 Å². The summed E-state index contributed by atoms with van der Waals surface area (Å²) in [5, 5.41) is 0. The number of nitrogens with two attached hydrogens (primary N) is 1. The van der Waals surface area contributed by atoms with Gasteiger partial charge in [0.1, 0.15) is 0 Å². The van der Waals surface area contributed by atoms with Crippen molar-refractivity contribution >= 4 is 0 Å². The third-order valence-electron chi connectivity index (χ3n) is 3.30. The average molecular weight is 255 g/mol. The predicted molar refractivity (Wildman–Crippen MR) is 65.9 cm³/mol. The van der Waals surface area contributed by atoms with Crippen LogP contribution in [0.5, 0.6) is 17.2 Å². The molecule has 1 aromatic carbocycles. The maximum atomic E-state index is 13.9. The number of rotatable bonds is 5. The second-order valence-corrected chi connectivity index (χ2v) is 4.64. The summed E-state index contributed by atoms with van der Waals surface area (Å²) in [6, 6.07) is 1.26. The molecule has 0 unspecified atom stereocenters. The molecule has 0 spiro atoms. The molecule has 0 atom stereocenters. The number of hydrogen-bond donors (Lipinski definition) is 1. The van der Waals surface area contributed by atoms with Gasteiger partial charge in [-0.1, -0.05) is 0 Å². The first-order valence-corrected chi connectivity index (χ1v) is 5.81. The lowest BCUT2D eigenvalue weighted by molar-refractivity contribution is 0.331. The molecule has 0 aromatic heterocycles. The zero-order valence-electron chi connectivity index (χ0n) is 10.9. The molecule has 100 valence electrons. The van der Waals surface area contributed by atoms with E-state index < -0.39 is 5.82 Å². The average Bonchev–Trinajstić information content (AvgIpc) is 3.06. The smallest absolute Gasteiger partial charge is 0.169 e. The van der Waals surface area contributed by atoms with E-state index in [0.717, 1.165) is 12.8 Å². The third-order valence-corrected chi connectivity index (χ3v) is 3.30. The van der Waals surface area contributed by atoms with Crippen LogP contribution in [0.4, 0.5) is 4.39 Å². The number of hydrogen-bond acceptors (Lipinski definition) is 4. The molecule has 18 heavy (non-hydrogen) atoms. The molecule has 0 aliphatic heterocycles. The van der Waals surface area contributed by atoms with Crippen molar-refractivity contribution in [3.05, 3.63) is 17.4 Å². The fourth-order valence-electron chi connectivity index (χ4n) is 2.09. The topological polar surface area (TPSA) is 53.7 Å². The Kier molecular flexibility index (Phi) is 3.34. The number of halogens is 1. The fourth-order valence-corrected chi connectivity index (χ4v) is 2.09. The van der Waals surface area contributed by atoms with E-state index in [1.807, 2.05) is 0 Å². The Morgan fingerprint density at radius 1 is 1.17 bits per heavy atom. The van der Waals surface area contributed by atoms with Gasteiger partial charge < -0.3 is 19.9 Å². The van der Waals surface area contributed by atoms with Crippen LogP contribution >= 0.6 is 0 Å². The van der Waals surface area contributed by atoms with Gasteiger partial charge in [-0.15, -0.1) is 0 Å². The molecule has 1 saturated carbocycles. The van der Waals surface area contributed by atoms with E-state index in [1.165, 1.54) is 27.4 Å². The van der Waals surface area contributed by atoms with Gasteiger partial charge in [-0.05, 0) is 19.3 Å². The Morgan fingerprint density at radius 3 is 2.22 bits per heavy atom. The molecular weight excluding hydrogens is 237 g/mol. The first kappa shape index (κ1) is 13.0. The maximum absolute atomic E-state index is 13.9. The summed E-state index contributed by atoms with van der Waals surface area (Å²) in [5.41, 5.74) is 6.46. The van der Waals surface area contributed by atoms with Crippen LogP contribution < -0.4 is 19.9 Å². The minimum atomic E-state index is -0.464. The Bertz CT molecular complexity index is 458. The van der Waals surface area contributed by atoms with Crippen LogP contribution in [0.3, 0.4) is 0 Å². The molecular formula is C13H18FNO3. The summed E-state index contributed by atoms with van der Waals surface area (Å²) in [6.45, 7) is 0. The summed E-state index contributed by atoms with van der Waals surface area (Å²) in [5.74, 6) is 0.571. The first-order chi connectivity index (χ1) is 8.54. The molecule has 0 saturated heterocycles. The van der Waals surface area contributed by atoms with Crippen molar-refractivity contribution in [1.29, 1.82) is 0 Å². The van der Waals surface area contributed by atoms with E-state index in [9.17, 15) is 4.39 Å². The summed E-state index contributed by atoms with van der Waals surface area (Å²) < 4.78 is 29.5. The highest BCUT2D eigenvalue weighted by Crippen LogP contribution is 2.45. The first-order valence-electron chi connectivity index (χ1n) is 5.81. The quantitative estimate of drug-likeness (QED) is 0.873. The van der Waals surface area contributed by atoms with E-state index in [4.69, 9.17) is 19.9 Å². The SMILES string of the molecule is COc1cc(F)c(OC)c(CC2(N)CC2)c1OC. The van der Waals surface area contributed by atoms with E-state index in [0.29, 0.717) is 23.5 Å². The second-order valence-electron chi connectivity index (χ2n) is 4.64. The van der Waals surface area contributed by atoms with Crippen LogP contribution in [0.15, 0.2) is 6.07 Å². The Balaban J connectivity index is 2.52. The van der Waals surface area contributed by atoms with Crippen LogP contribution in [0.25, 0.3) is 0 Å². The summed E-state index contributed by atoms with van der Waals surface area (Å²) in [4.78, 5) is 0. The number of methoxy groups -OCH3 is 3. The van der Waals surface area contributed by atoms with Crippen LogP contribution in [0.2, 0.25) is 0 Å². The lowest BCUT2D eigenvalue weighted by Crippen LogP contribution is -2.25. The number of ether oxygens (including phenoxy) is 3. The Labute approximate surface area is 106 Å². The van der Waals surface area contributed by atoms with Crippen molar-refractivity contribution in [2.75, 3.05) is 21.3 Å². The van der Waals surface area contributed by atoms with Crippen LogP contribution in [-0.2, 0) is 6.42 Å². The van der Waals surface area contributed by atoms with Crippen LogP contribution in [0.1, 0.15) is 18.4 Å². The second kappa shape index (κ2) is 4.65. The van der Waals surface area contributed by atoms with Gasteiger partial charge in [0, 0.05) is 17.2 Å². The molecule has 1 aromatic rings. The minimum Gasteiger partial charge on any atom is -0.493 e. The normalized spacial score (nSPS) is 16.3. The van der Waals surface area contributed by atoms with Crippen molar-refractivity contribution in [2.24, 2.45) is 5.73 Å². The molecule has 5 heteroatoms. The molecule has 0 bridgehead atoms. The van der Waals surface area contributed by atoms with E-state index in [-0.39, 0.29) is 11.3 Å². The lowest BCUT2D eigenvalue weighted by atomic mass is 10.0. The predicted octanol–water partition coefficient (Wildman–Crippen LogP) is 1.89. The van der Waals surface area contributed by atoms with Gasteiger partial charge in [-0.25, -0.2) is 4.39 Å². The molecule has 2 N–H and O–H groups in total. The third kappa shape index (κ3) is 2.22. The zero-order valence-corrected chi connectivity index (χ0v) is 10.9. The minimum absolute atomic E-state index is 0.185. The van der Waals surface area contributed by atoms with Crippen LogP contribution in [0, 0.1) is 5.82 Å². The highest BCUT2D eigenvalue weighted by Gasteiger charge is 2.40. The van der Waals surface area contributed by atoms with E-state index >= 15 is 0 Å². The van der Waals surface area contributed by atoms with Gasteiger partial charge in [-0.3, -0.25) is 0 Å². The van der Waals surface area contributed by atoms with Crippen molar-refractivity contribution in [3.63, 3.8) is 0 Å². The fraction of sp³-hybridized carbons (Fsp3) is 0.538. The van der Waals surface area contributed by atoms with Crippen molar-refractivity contribution < 1.29 is 18.6 Å². The monoisotopic (exact) mass is 255 g/mol. The molecule has 2 rings (SSSR count). The zero-order chi connectivity index (χ0) is 13.3. The van der Waals surface area contributed by atoms with Gasteiger partial charge in [0.05, 0.1) is 21.3 Å². The van der Waals surface area contributed by atoms with Crippen molar-refractivity contribution in [1.82, 2.24) is 0 Å². The molecule has 1 aliphatic rings. The van der Waals surface area contributed by atoms with Gasteiger partial charge in [0.25, 0.3) is 0 Å². The molecule has 1 fully saturated rings. The summed E-state index contributed by atoms with van der Waals surface area (Å²) in [7, 11) is 4.43. The summed E-state index contributed by atoms with van der Waals surface area (Å²) in [6.07, 6.45) is 2.38. The highest BCUT2D eigenvalue weighted by atomic mass is 19.1. The number of benzene rings is 1. The van der Waals surface area contributed by atoms with E-state index in [1.54, 1.807) is 0 Å². The Hall–Kier alpha value is -1.49. The van der Waals surface area contributed by atoms with Gasteiger partial charge in [0.15, 0.2) is 23.1 Å². The standard InChI is InChI=1S/C13H18FNO3/c1-16-10-6-9(14)11(17-2)8(12(10)18-3)7-13(15)4-5-13/h6H,4-5,7,15H2,1-3H3. The van der Waals surface area contributed by atoms with Crippen LogP contribution in [-0.4, -0.2) is 26.9 Å². The molecule has 0 amide bonds. The molecule has 0 heterocycles. The Morgan fingerprint density at radius 2 is 1.78 bits per heavy atom. The largest absolute Gasteiger partial charge is 0.493 e. The molecule has 0 radical (unpaired) electrons. The maximum Gasteiger partial charge on any atom is 0.169 e. The van der Waals surface area contributed by atoms with E-state index in [2.05, 4.69) is 0 Å². The van der Waals surface area contributed by atoms with Crippen molar-refractivity contribution in [2.45, 2.75) is 24.8 Å². The highest BCUT2D eigenvalue weighted by molar-refractivity contribution is 5.55. The molecule has 1 aliphatic carbocycles. The van der Waals surface area contributed by atoms with Gasteiger partial charge >= 0.3 is 0 Å². The van der Waals surface area contributed by atoms with Gasteiger partial charge in [0.2, 0.25) is 0 Å². The summed E-state index contributed by atoms with van der Waals surface area (Å²) >= 11 is 0.